The van der Waals surface area contributed by atoms with E-state index in [0.717, 1.165) is 24.5 Å². The number of benzene rings is 1. The van der Waals surface area contributed by atoms with Crippen LogP contribution >= 0.6 is 0 Å². The summed E-state index contributed by atoms with van der Waals surface area (Å²) in [6.45, 7) is 3.60. The summed E-state index contributed by atoms with van der Waals surface area (Å²) < 4.78 is 2.02. The molecule has 0 saturated carbocycles. The summed E-state index contributed by atoms with van der Waals surface area (Å²) >= 11 is 0. The highest BCUT2D eigenvalue weighted by Crippen LogP contribution is 2.19. The van der Waals surface area contributed by atoms with Gasteiger partial charge in [-0.1, -0.05) is 6.92 Å². The maximum Gasteiger partial charge on any atom is 0.269 e. The van der Waals surface area contributed by atoms with Crippen molar-refractivity contribution < 1.29 is 4.92 Å². The van der Waals surface area contributed by atoms with Gasteiger partial charge in [0.1, 0.15) is 6.33 Å². The lowest BCUT2D eigenvalue weighted by molar-refractivity contribution is -0.384. The Morgan fingerprint density at radius 2 is 2.05 bits per heavy atom. The molecule has 0 unspecified atom stereocenters. The van der Waals surface area contributed by atoms with Crippen LogP contribution in [0.15, 0.2) is 30.6 Å². The third-order valence-corrected chi connectivity index (χ3v) is 3.04. The summed E-state index contributed by atoms with van der Waals surface area (Å²) in [6.07, 6.45) is 2.74. The summed E-state index contributed by atoms with van der Waals surface area (Å²) in [4.78, 5) is 12.2. The quantitative estimate of drug-likeness (QED) is 0.596. The predicted octanol–water partition coefficient (Wildman–Crippen LogP) is 2.23. The van der Waals surface area contributed by atoms with Gasteiger partial charge in [0.2, 0.25) is 0 Å². The highest BCUT2D eigenvalue weighted by atomic mass is 16.6. The molecule has 1 aromatic carbocycles. The minimum Gasteiger partial charge on any atom is -0.367 e. The van der Waals surface area contributed by atoms with Crippen molar-refractivity contribution in [1.82, 2.24) is 14.8 Å². The van der Waals surface area contributed by atoms with Gasteiger partial charge in [-0.05, 0) is 18.6 Å². The number of nitrogens with zero attached hydrogens (tertiary/aromatic N) is 5. The number of nitro benzene ring substituents is 1. The van der Waals surface area contributed by atoms with Crippen molar-refractivity contribution >= 4 is 11.4 Å². The molecule has 7 heteroatoms. The van der Waals surface area contributed by atoms with Gasteiger partial charge in [0.05, 0.1) is 11.5 Å². The summed E-state index contributed by atoms with van der Waals surface area (Å²) in [5.41, 5.74) is 0.998. The van der Waals surface area contributed by atoms with E-state index in [1.807, 2.05) is 16.5 Å². The third-order valence-electron chi connectivity index (χ3n) is 3.04. The van der Waals surface area contributed by atoms with Gasteiger partial charge in [-0.2, -0.15) is 0 Å². The van der Waals surface area contributed by atoms with Crippen LogP contribution in [0.1, 0.15) is 19.2 Å². The number of nitro groups is 1. The predicted molar refractivity (Wildman–Crippen MR) is 75.5 cm³/mol. The van der Waals surface area contributed by atoms with E-state index in [0.29, 0.717) is 6.54 Å². The standard InChI is InChI=1S/C13H17N5O2/c1-3-8-17-10-14-15-13(17)9-16(2)11-4-6-12(7-5-11)18(19)20/h4-7,10H,3,8-9H2,1-2H3. The van der Waals surface area contributed by atoms with Crippen molar-refractivity contribution in [2.45, 2.75) is 26.4 Å². The molecule has 0 bridgehead atoms. The van der Waals surface area contributed by atoms with E-state index >= 15 is 0 Å². The Bertz CT molecular complexity index is 579. The van der Waals surface area contributed by atoms with Gasteiger partial charge in [-0.15, -0.1) is 10.2 Å². The minimum atomic E-state index is -0.401. The maximum absolute atomic E-state index is 10.6. The van der Waals surface area contributed by atoms with E-state index in [2.05, 4.69) is 17.1 Å². The fraction of sp³-hybridized carbons (Fsp3) is 0.385. The van der Waals surface area contributed by atoms with E-state index in [1.165, 1.54) is 12.1 Å². The minimum absolute atomic E-state index is 0.0938. The van der Waals surface area contributed by atoms with E-state index in [-0.39, 0.29) is 5.69 Å². The average molecular weight is 275 g/mol. The zero-order chi connectivity index (χ0) is 14.5. The zero-order valence-corrected chi connectivity index (χ0v) is 11.6. The maximum atomic E-state index is 10.6. The fourth-order valence-corrected chi connectivity index (χ4v) is 1.96. The Hall–Kier alpha value is -2.44. The van der Waals surface area contributed by atoms with Gasteiger partial charge in [-0.3, -0.25) is 10.1 Å². The molecule has 20 heavy (non-hydrogen) atoms. The number of aryl methyl sites for hydroxylation is 1. The fourth-order valence-electron chi connectivity index (χ4n) is 1.96. The van der Waals surface area contributed by atoms with E-state index < -0.39 is 4.92 Å². The topological polar surface area (TPSA) is 77.1 Å². The summed E-state index contributed by atoms with van der Waals surface area (Å²) in [5.74, 6) is 0.882. The Morgan fingerprint density at radius 1 is 1.35 bits per heavy atom. The zero-order valence-electron chi connectivity index (χ0n) is 11.6. The molecule has 106 valence electrons. The van der Waals surface area contributed by atoms with Gasteiger partial charge in [-0.25, -0.2) is 0 Å². The largest absolute Gasteiger partial charge is 0.367 e. The molecule has 2 aromatic rings. The molecule has 7 nitrogen and oxygen atoms in total. The molecule has 0 N–H and O–H groups in total. The third kappa shape index (κ3) is 3.11. The van der Waals surface area contributed by atoms with Crippen LogP contribution in [0.3, 0.4) is 0 Å². The molecule has 0 saturated heterocycles. The second kappa shape index (κ2) is 6.14. The van der Waals surface area contributed by atoms with Crippen LogP contribution in [0.5, 0.6) is 0 Å². The van der Waals surface area contributed by atoms with Crippen LogP contribution in [-0.4, -0.2) is 26.7 Å². The molecule has 0 radical (unpaired) electrons. The Morgan fingerprint density at radius 3 is 2.65 bits per heavy atom. The highest BCUT2D eigenvalue weighted by molar-refractivity contribution is 5.50. The number of aromatic nitrogens is 3. The van der Waals surface area contributed by atoms with Crippen molar-refractivity contribution in [3.8, 4) is 0 Å². The molecule has 1 heterocycles. The van der Waals surface area contributed by atoms with E-state index in [1.54, 1.807) is 18.5 Å². The molecule has 0 aliphatic rings. The molecule has 0 aliphatic carbocycles. The van der Waals surface area contributed by atoms with Gasteiger partial charge in [0, 0.05) is 31.4 Å². The van der Waals surface area contributed by atoms with Gasteiger partial charge in [0.25, 0.3) is 5.69 Å². The van der Waals surface area contributed by atoms with Crippen LogP contribution in [0.4, 0.5) is 11.4 Å². The lowest BCUT2D eigenvalue weighted by Crippen LogP contribution is -2.19. The van der Waals surface area contributed by atoms with Crippen LogP contribution in [0, 0.1) is 10.1 Å². The number of rotatable bonds is 6. The average Bonchev–Trinajstić information content (AvgIpc) is 2.86. The van der Waals surface area contributed by atoms with Crippen molar-refractivity contribution in [2.24, 2.45) is 0 Å². The van der Waals surface area contributed by atoms with Crippen LogP contribution in [0.2, 0.25) is 0 Å². The molecule has 1 aromatic heterocycles. The monoisotopic (exact) mass is 275 g/mol. The summed E-state index contributed by atoms with van der Waals surface area (Å²) in [5, 5.41) is 18.7. The van der Waals surface area contributed by atoms with Crippen molar-refractivity contribution in [3.63, 3.8) is 0 Å². The molecule has 0 aliphatic heterocycles. The van der Waals surface area contributed by atoms with E-state index in [4.69, 9.17) is 0 Å². The Balaban J connectivity index is 2.09. The first-order valence-electron chi connectivity index (χ1n) is 6.44. The second-order valence-corrected chi connectivity index (χ2v) is 4.57. The lowest BCUT2D eigenvalue weighted by atomic mass is 10.2. The molecule has 0 atom stereocenters. The molecular formula is C13H17N5O2. The molecular weight excluding hydrogens is 258 g/mol. The summed E-state index contributed by atoms with van der Waals surface area (Å²) in [6, 6.07) is 6.47. The molecule has 2 rings (SSSR count). The SMILES string of the molecule is CCCn1cnnc1CN(C)c1ccc([N+](=O)[O-])cc1. The van der Waals surface area contributed by atoms with Gasteiger partial charge in [0.15, 0.2) is 5.82 Å². The smallest absolute Gasteiger partial charge is 0.269 e. The van der Waals surface area contributed by atoms with Crippen LogP contribution in [-0.2, 0) is 13.1 Å². The molecule has 0 amide bonds. The van der Waals surface area contributed by atoms with Crippen LogP contribution in [0.25, 0.3) is 0 Å². The Kier molecular flexibility index (Phi) is 4.29. The van der Waals surface area contributed by atoms with Crippen molar-refractivity contribution in [1.29, 1.82) is 0 Å². The first kappa shape index (κ1) is 14.0. The van der Waals surface area contributed by atoms with Gasteiger partial charge < -0.3 is 9.47 Å². The highest BCUT2D eigenvalue weighted by Gasteiger charge is 2.10. The van der Waals surface area contributed by atoms with Crippen LogP contribution < -0.4 is 4.90 Å². The first-order chi connectivity index (χ1) is 9.61. The normalized spacial score (nSPS) is 10.5. The van der Waals surface area contributed by atoms with E-state index in [9.17, 15) is 10.1 Å². The van der Waals surface area contributed by atoms with Gasteiger partial charge >= 0.3 is 0 Å². The first-order valence-corrected chi connectivity index (χ1v) is 6.44. The molecule has 0 spiro atoms. The summed E-state index contributed by atoms with van der Waals surface area (Å²) in [7, 11) is 1.92. The Labute approximate surface area is 117 Å². The van der Waals surface area contributed by atoms with Crippen molar-refractivity contribution in [2.75, 3.05) is 11.9 Å². The second-order valence-electron chi connectivity index (χ2n) is 4.57. The number of hydrogen-bond donors (Lipinski definition) is 0. The number of hydrogen-bond acceptors (Lipinski definition) is 5. The number of anilines is 1. The van der Waals surface area contributed by atoms with Crippen molar-refractivity contribution in [3.05, 3.63) is 46.5 Å². The lowest BCUT2D eigenvalue weighted by Gasteiger charge is -2.18. The number of non-ortho nitro benzene ring substituents is 1. The molecule has 0 fully saturated rings.